The topological polar surface area (TPSA) is 89.7 Å². The molecule has 0 saturated heterocycles. The number of hydrogen-bond acceptors (Lipinski definition) is 6. The molecular formula is C9H11NO5S. The number of hydrogen-bond donors (Lipinski definition) is 1. The van der Waals surface area contributed by atoms with Crippen molar-refractivity contribution in [2.24, 2.45) is 0 Å². The minimum absolute atomic E-state index is 0.0598. The van der Waals surface area contributed by atoms with Crippen LogP contribution in [0.15, 0.2) is 17.5 Å². The standard InChI is InChI=1S/C9H11NO5S/c1-2-15-8(11)9(12,6-10(13)14)7-4-3-5-16-7/h3-5,12H,2,6H2,1H3/t9-/m1/s1. The van der Waals surface area contributed by atoms with E-state index in [1.165, 1.54) is 6.07 Å². The van der Waals surface area contributed by atoms with Crippen molar-refractivity contribution in [1.82, 2.24) is 0 Å². The highest BCUT2D eigenvalue weighted by atomic mass is 32.1. The Morgan fingerprint density at radius 3 is 2.88 bits per heavy atom. The van der Waals surface area contributed by atoms with Gasteiger partial charge in [-0.15, -0.1) is 11.3 Å². The summed E-state index contributed by atoms with van der Waals surface area (Å²) in [6.07, 6.45) is 0. The van der Waals surface area contributed by atoms with Crippen LogP contribution in [0.25, 0.3) is 0 Å². The van der Waals surface area contributed by atoms with Crippen molar-refractivity contribution in [2.45, 2.75) is 12.5 Å². The Bertz CT molecular complexity index is 377. The number of rotatable bonds is 5. The van der Waals surface area contributed by atoms with Gasteiger partial charge in [0.2, 0.25) is 6.54 Å². The van der Waals surface area contributed by atoms with Gasteiger partial charge in [0.25, 0.3) is 5.60 Å². The van der Waals surface area contributed by atoms with E-state index in [4.69, 9.17) is 0 Å². The summed E-state index contributed by atoms with van der Waals surface area (Å²) < 4.78 is 4.65. The Kier molecular flexibility index (Phi) is 3.97. The first-order valence-corrected chi connectivity index (χ1v) is 5.44. The monoisotopic (exact) mass is 245 g/mol. The van der Waals surface area contributed by atoms with Crippen molar-refractivity contribution >= 4 is 17.3 Å². The van der Waals surface area contributed by atoms with Crippen LogP contribution in [0.3, 0.4) is 0 Å². The summed E-state index contributed by atoms with van der Waals surface area (Å²) in [5.41, 5.74) is -2.19. The van der Waals surface area contributed by atoms with Crippen molar-refractivity contribution in [2.75, 3.05) is 13.2 Å². The lowest BCUT2D eigenvalue weighted by Gasteiger charge is -2.20. The van der Waals surface area contributed by atoms with E-state index in [1.54, 1.807) is 18.4 Å². The van der Waals surface area contributed by atoms with Gasteiger partial charge in [-0.1, -0.05) is 6.07 Å². The Balaban J connectivity index is 3.02. The van der Waals surface area contributed by atoms with Gasteiger partial charge < -0.3 is 9.84 Å². The molecule has 0 fully saturated rings. The molecule has 0 saturated carbocycles. The highest BCUT2D eigenvalue weighted by Gasteiger charge is 2.46. The molecule has 1 aromatic rings. The average Bonchev–Trinajstić information content (AvgIpc) is 2.69. The first-order valence-electron chi connectivity index (χ1n) is 4.56. The third kappa shape index (κ3) is 2.56. The number of esters is 1. The molecule has 0 unspecified atom stereocenters. The minimum atomic E-state index is -2.19. The van der Waals surface area contributed by atoms with Crippen LogP contribution in [0.5, 0.6) is 0 Å². The molecule has 0 aliphatic heterocycles. The highest BCUT2D eigenvalue weighted by molar-refractivity contribution is 7.10. The fraction of sp³-hybridized carbons (Fsp3) is 0.444. The summed E-state index contributed by atoms with van der Waals surface area (Å²) in [6.45, 7) is 0.732. The lowest BCUT2D eigenvalue weighted by atomic mass is 10.0. The van der Waals surface area contributed by atoms with Crippen molar-refractivity contribution in [1.29, 1.82) is 0 Å². The molecule has 0 bridgehead atoms. The molecule has 0 aliphatic carbocycles. The Morgan fingerprint density at radius 2 is 2.44 bits per heavy atom. The molecular weight excluding hydrogens is 234 g/mol. The minimum Gasteiger partial charge on any atom is -0.463 e. The van der Waals surface area contributed by atoms with Crippen LogP contribution in [-0.4, -0.2) is 29.2 Å². The zero-order valence-corrected chi connectivity index (χ0v) is 9.40. The number of ether oxygens (including phenoxy) is 1. The fourth-order valence-corrected chi connectivity index (χ4v) is 2.00. The van der Waals surface area contributed by atoms with E-state index in [-0.39, 0.29) is 11.5 Å². The maximum Gasteiger partial charge on any atom is 0.350 e. The number of aliphatic hydroxyl groups is 1. The molecule has 6 nitrogen and oxygen atoms in total. The van der Waals surface area contributed by atoms with Crippen LogP contribution in [0.4, 0.5) is 0 Å². The molecule has 1 atom stereocenters. The molecule has 0 aromatic carbocycles. The van der Waals surface area contributed by atoms with Gasteiger partial charge in [0.1, 0.15) is 0 Å². The molecule has 0 radical (unpaired) electrons. The normalized spacial score (nSPS) is 14.1. The number of carbonyl (C=O) groups excluding carboxylic acids is 1. The summed E-state index contributed by atoms with van der Waals surface area (Å²) in [4.78, 5) is 21.5. The molecule has 1 rings (SSSR count). The second kappa shape index (κ2) is 5.04. The molecule has 88 valence electrons. The number of nitro groups is 1. The zero-order valence-electron chi connectivity index (χ0n) is 8.58. The van der Waals surface area contributed by atoms with Crippen LogP contribution in [0.2, 0.25) is 0 Å². The first-order chi connectivity index (χ1) is 7.50. The van der Waals surface area contributed by atoms with E-state index in [9.17, 15) is 20.0 Å². The molecule has 1 aromatic heterocycles. The maximum absolute atomic E-state index is 11.5. The lowest BCUT2D eigenvalue weighted by molar-refractivity contribution is -0.499. The Labute approximate surface area is 95.6 Å². The smallest absolute Gasteiger partial charge is 0.350 e. The fourth-order valence-electron chi connectivity index (χ4n) is 1.19. The zero-order chi connectivity index (χ0) is 12.2. The van der Waals surface area contributed by atoms with E-state index in [0.29, 0.717) is 0 Å². The number of carbonyl (C=O) groups is 1. The third-order valence-electron chi connectivity index (χ3n) is 1.90. The Hall–Kier alpha value is -1.47. The van der Waals surface area contributed by atoms with Crippen LogP contribution in [0.1, 0.15) is 11.8 Å². The molecule has 16 heavy (non-hydrogen) atoms. The van der Waals surface area contributed by atoms with E-state index in [2.05, 4.69) is 4.74 Å². The van der Waals surface area contributed by atoms with Gasteiger partial charge >= 0.3 is 5.97 Å². The predicted molar refractivity (Wildman–Crippen MR) is 56.7 cm³/mol. The number of thiophene rings is 1. The van der Waals surface area contributed by atoms with Gasteiger partial charge in [0, 0.05) is 4.92 Å². The quantitative estimate of drug-likeness (QED) is 0.470. The van der Waals surface area contributed by atoms with Crippen LogP contribution < -0.4 is 0 Å². The van der Waals surface area contributed by atoms with Gasteiger partial charge in [-0.25, -0.2) is 4.79 Å². The third-order valence-corrected chi connectivity index (χ3v) is 2.92. The van der Waals surface area contributed by atoms with Crippen molar-refractivity contribution in [3.8, 4) is 0 Å². The summed E-state index contributed by atoms with van der Waals surface area (Å²) in [5.74, 6) is -0.992. The van der Waals surface area contributed by atoms with E-state index in [1.807, 2.05) is 0 Å². The Morgan fingerprint density at radius 1 is 1.75 bits per heavy atom. The highest BCUT2D eigenvalue weighted by Crippen LogP contribution is 2.27. The van der Waals surface area contributed by atoms with Gasteiger partial charge in [0.05, 0.1) is 11.5 Å². The largest absolute Gasteiger partial charge is 0.463 e. The summed E-state index contributed by atoms with van der Waals surface area (Å²) in [5, 5.41) is 22.1. The van der Waals surface area contributed by atoms with Crippen molar-refractivity contribution in [3.05, 3.63) is 32.5 Å². The molecule has 7 heteroatoms. The van der Waals surface area contributed by atoms with Gasteiger partial charge in [-0.05, 0) is 18.4 Å². The van der Waals surface area contributed by atoms with Gasteiger partial charge in [-0.3, -0.25) is 10.1 Å². The van der Waals surface area contributed by atoms with Crippen LogP contribution in [-0.2, 0) is 15.1 Å². The second-order valence-electron chi connectivity index (χ2n) is 3.05. The molecule has 0 aliphatic rings. The summed E-state index contributed by atoms with van der Waals surface area (Å²) >= 11 is 1.07. The van der Waals surface area contributed by atoms with E-state index >= 15 is 0 Å². The number of nitrogens with zero attached hydrogens (tertiary/aromatic N) is 1. The maximum atomic E-state index is 11.5. The molecule has 0 spiro atoms. The first kappa shape index (κ1) is 12.6. The van der Waals surface area contributed by atoms with Crippen LogP contribution in [0, 0.1) is 10.1 Å². The second-order valence-corrected chi connectivity index (χ2v) is 4.00. The molecule has 0 amide bonds. The van der Waals surface area contributed by atoms with Crippen molar-refractivity contribution < 1.29 is 19.6 Å². The van der Waals surface area contributed by atoms with Crippen molar-refractivity contribution in [3.63, 3.8) is 0 Å². The van der Waals surface area contributed by atoms with Crippen LogP contribution >= 0.6 is 11.3 Å². The lowest BCUT2D eigenvalue weighted by Crippen LogP contribution is -2.42. The average molecular weight is 245 g/mol. The van der Waals surface area contributed by atoms with Gasteiger partial charge in [0.15, 0.2) is 0 Å². The summed E-state index contributed by atoms with van der Waals surface area (Å²) in [7, 11) is 0. The molecule has 1 N–H and O–H groups in total. The van der Waals surface area contributed by atoms with Gasteiger partial charge in [-0.2, -0.15) is 0 Å². The molecule has 1 heterocycles. The van der Waals surface area contributed by atoms with E-state index < -0.39 is 23.0 Å². The SMILES string of the molecule is CCOC(=O)[C@@](O)(C[N+](=O)[O-])c1cccs1. The van der Waals surface area contributed by atoms with E-state index in [0.717, 1.165) is 11.3 Å². The summed E-state index contributed by atoms with van der Waals surface area (Å²) in [6, 6.07) is 3.06. The predicted octanol–water partition coefficient (Wildman–Crippen LogP) is 0.776.